The largest absolute Gasteiger partial charge is 0.497 e. The number of sulfonamides is 1. The minimum Gasteiger partial charge on any atom is -0.497 e. The van der Waals surface area contributed by atoms with Gasteiger partial charge in [-0.15, -0.1) is 0 Å². The van der Waals surface area contributed by atoms with Crippen molar-refractivity contribution in [1.82, 2.24) is 10.2 Å². The number of carbonyl (C=O) groups is 2. The second kappa shape index (κ2) is 16.1. The summed E-state index contributed by atoms with van der Waals surface area (Å²) in [4.78, 5) is 28.7. The van der Waals surface area contributed by atoms with Gasteiger partial charge < -0.3 is 29.2 Å². The van der Waals surface area contributed by atoms with E-state index in [-0.39, 0.29) is 39.7 Å². The Labute approximate surface area is 280 Å². The lowest BCUT2D eigenvalue weighted by Crippen LogP contribution is -2.52. The number of methoxy groups -OCH3 is 4. The van der Waals surface area contributed by atoms with Gasteiger partial charge in [0, 0.05) is 34.8 Å². The van der Waals surface area contributed by atoms with Gasteiger partial charge in [-0.2, -0.15) is 0 Å². The Morgan fingerprint density at radius 1 is 0.848 bits per heavy atom. The summed E-state index contributed by atoms with van der Waals surface area (Å²) in [7, 11) is 1.14. The molecule has 11 nitrogen and oxygen atoms in total. The van der Waals surface area contributed by atoms with E-state index in [1.54, 1.807) is 25.1 Å². The predicted octanol–water partition coefficient (Wildman–Crippen LogP) is 5.56. The minimum atomic E-state index is -4.48. The molecule has 1 N–H and O–H groups in total. The van der Waals surface area contributed by atoms with Crippen LogP contribution in [0.15, 0.2) is 59.5 Å². The number of hydrogen-bond acceptors (Lipinski definition) is 8. The zero-order valence-corrected chi connectivity index (χ0v) is 29.1. The summed E-state index contributed by atoms with van der Waals surface area (Å²) in [6.45, 7) is 4.51. The highest BCUT2D eigenvalue weighted by molar-refractivity contribution is 7.92. The summed E-state index contributed by atoms with van der Waals surface area (Å²) in [6, 6.07) is 12.3. The number of amides is 2. The predicted molar refractivity (Wildman–Crippen MR) is 178 cm³/mol. The van der Waals surface area contributed by atoms with E-state index in [1.807, 2.05) is 13.8 Å². The highest BCUT2D eigenvalue weighted by Crippen LogP contribution is 2.38. The summed E-state index contributed by atoms with van der Waals surface area (Å²) < 4.78 is 51.3. The van der Waals surface area contributed by atoms with Crippen molar-refractivity contribution in [3.05, 3.63) is 70.2 Å². The molecule has 0 saturated carbocycles. The second-order valence-electron chi connectivity index (χ2n) is 10.3. The number of anilines is 1. The molecule has 0 aliphatic carbocycles. The van der Waals surface area contributed by atoms with Crippen molar-refractivity contribution in [1.29, 1.82) is 0 Å². The fraction of sp³-hybridized carbons (Fsp3) is 0.375. The fourth-order valence-electron chi connectivity index (χ4n) is 4.49. The van der Waals surface area contributed by atoms with Gasteiger partial charge in [-0.25, -0.2) is 8.42 Å². The van der Waals surface area contributed by atoms with Crippen molar-refractivity contribution in [3.8, 4) is 23.0 Å². The molecule has 0 spiro atoms. The molecule has 0 aliphatic heterocycles. The quantitative estimate of drug-likeness (QED) is 0.219. The van der Waals surface area contributed by atoms with Crippen molar-refractivity contribution >= 4 is 50.7 Å². The van der Waals surface area contributed by atoms with Crippen LogP contribution in [0.1, 0.15) is 32.8 Å². The lowest BCUT2D eigenvalue weighted by Gasteiger charge is -2.33. The van der Waals surface area contributed by atoms with Gasteiger partial charge in [0.25, 0.3) is 10.0 Å². The molecule has 2 atom stereocenters. The van der Waals surface area contributed by atoms with Crippen LogP contribution >= 0.6 is 23.2 Å². The molecule has 3 rings (SSSR count). The minimum absolute atomic E-state index is 0.0335. The van der Waals surface area contributed by atoms with Crippen LogP contribution in [0.5, 0.6) is 23.0 Å². The van der Waals surface area contributed by atoms with Crippen molar-refractivity contribution < 1.29 is 37.0 Å². The second-order valence-corrected chi connectivity index (χ2v) is 13.0. The smallest absolute Gasteiger partial charge is 0.265 e. The number of hydrogen-bond donors (Lipinski definition) is 1. The van der Waals surface area contributed by atoms with E-state index in [0.29, 0.717) is 28.5 Å². The zero-order chi connectivity index (χ0) is 34.2. The number of carbonyl (C=O) groups excluding carboxylic acids is 2. The first-order chi connectivity index (χ1) is 21.8. The Hall–Kier alpha value is -3.87. The molecule has 250 valence electrons. The summed E-state index contributed by atoms with van der Waals surface area (Å²) in [6.07, 6.45) is 0.669. The third-order valence-corrected chi connectivity index (χ3v) is 9.74. The van der Waals surface area contributed by atoms with E-state index in [1.165, 1.54) is 69.7 Å². The summed E-state index contributed by atoms with van der Waals surface area (Å²) in [5.74, 6) is -0.140. The standard InChI is InChI=1S/C32H39Cl2N3O8S/c1-8-20(2)35-32(39)21(3)36(18-22-9-10-23(33)15-26(22)34)31(38)19-37(27-16-24(42-4)11-13-28(27)43-5)46(40,41)25-12-14-29(44-6)30(17-25)45-7/h9-17,20-21H,8,18-19H2,1-7H3,(H,35,39)/t20-,21+/m1/s1. The number of halogens is 2. The first-order valence-electron chi connectivity index (χ1n) is 14.3. The molecule has 0 aromatic heterocycles. The molecule has 46 heavy (non-hydrogen) atoms. The van der Waals surface area contributed by atoms with Crippen molar-refractivity contribution in [2.24, 2.45) is 0 Å². The fourth-order valence-corrected chi connectivity index (χ4v) is 6.39. The van der Waals surface area contributed by atoms with E-state index in [9.17, 15) is 18.0 Å². The van der Waals surface area contributed by atoms with Crippen molar-refractivity contribution in [3.63, 3.8) is 0 Å². The molecule has 0 saturated heterocycles. The number of nitrogens with one attached hydrogen (secondary N) is 1. The van der Waals surface area contributed by atoms with Gasteiger partial charge in [-0.05, 0) is 62.2 Å². The molecular formula is C32H39Cl2N3O8S. The average Bonchev–Trinajstić information content (AvgIpc) is 3.05. The number of rotatable bonds is 15. The first-order valence-corrected chi connectivity index (χ1v) is 16.5. The third-order valence-electron chi connectivity index (χ3n) is 7.40. The van der Waals surface area contributed by atoms with Crippen molar-refractivity contribution in [2.75, 3.05) is 39.3 Å². The Kier molecular flexibility index (Phi) is 12.8. The normalized spacial score (nSPS) is 12.5. The molecule has 3 aromatic rings. The van der Waals surface area contributed by atoms with Gasteiger partial charge in [-0.3, -0.25) is 13.9 Å². The highest BCUT2D eigenvalue weighted by atomic mass is 35.5. The van der Waals surface area contributed by atoms with E-state index < -0.39 is 34.4 Å². The molecule has 0 fully saturated rings. The lowest BCUT2D eigenvalue weighted by atomic mass is 10.1. The number of ether oxygens (including phenoxy) is 4. The topological polar surface area (TPSA) is 124 Å². The molecule has 0 heterocycles. The zero-order valence-electron chi connectivity index (χ0n) is 26.8. The van der Waals surface area contributed by atoms with Gasteiger partial charge >= 0.3 is 0 Å². The molecule has 0 aliphatic rings. The van der Waals surface area contributed by atoms with Crippen LogP contribution in [0.4, 0.5) is 5.69 Å². The summed E-state index contributed by atoms with van der Waals surface area (Å²) in [5.41, 5.74) is 0.544. The van der Waals surface area contributed by atoms with Crippen molar-refractivity contribution in [2.45, 2.75) is 50.7 Å². The van der Waals surface area contributed by atoms with Crippen LogP contribution in [0.2, 0.25) is 10.0 Å². The Bertz CT molecular complexity index is 1650. The van der Waals surface area contributed by atoms with Crippen LogP contribution < -0.4 is 28.6 Å². The first kappa shape index (κ1) is 36.6. The van der Waals surface area contributed by atoms with Gasteiger partial charge in [0.05, 0.1) is 39.0 Å². The molecule has 3 aromatic carbocycles. The number of nitrogens with zero attached hydrogens (tertiary/aromatic N) is 2. The number of benzene rings is 3. The Morgan fingerprint density at radius 3 is 2.09 bits per heavy atom. The lowest BCUT2D eigenvalue weighted by molar-refractivity contribution is -0.139. The van der Waals surface area contributed by atoms with Crippen LogP contribution in [0, 0.1) is 0 Å². The van der Waals surface area contributed by atoms with Crippen LogP contribution in [-0.4, -0.2) is 72.2 Å². The highest BCUT2D eigenvalue weighted by Gasteiger charge is 2.35. The maximum absolute atomic E-state index is 14.4. The third kappa shape index (κ3) is 8.48. The van der Waals surface area contributed by atoms with Gasteiger partial charge in [-0.1, -0.05) is 36.2 Å². The van der Waals surface area contributed by atoms with E-state index in [0.717, 1.165) is 4.31 Å². The average molecular weight is 697 g/mol. The Morgan fingerprint density at radius 2 is 1.50 bits per heavy atom. The van der Waals surface area contributed by atoms with Crippen LogP contribution in [0.3, 0.4) is 0 Å². The molecule has 0 bridgehead atoms. The maximum atomic E-state index is 14.4. The molecule has 14 heteroatoms. The molecular weight excluding hydrogens is 657 g/mol. The van der Waals surface area contributed by atoms with E-state index in [4.69, 9.17) is 42.1 Å². The maximum Gasteiger partial charge on any atom is 0.265 e. The SMILES string of the molecule is CC[C@@H](C)NC(=O)[C@H](C)N(Cc1ccc(Cl)cc1Cl)C(=O)CN(c1cc(OC)ccc1OC)S(=O)(=O)c1ccc(OC)c(OC)c1. The van der Waals surface area contributed by atoms with Gasteiger partial charge in [0.1, 0.15) is 24.1 Å². The van der Waals surface area contributed by atoms with Gasteiger partial charge in [0.15, 0.2) is 11.5 Å². The van der Waals surface area contributed by atoms with Crippen LogP contribution in [-0.2, 0) is 26.2 Å². The van der Waals surface area contributed by atoms with E-state index >= 15 is 0 Å². The van der Waals surface area contributed by atoms with Crippen LogP contribution in [0.25, 0.3) is 0 Å². The van der Waals surface area contributed by atoms with Gasteiger partial charge in [0.2, 0.25) is 11.8 Å². The molecule has 0 radical (unpaired) electrons. The van der Waals surface area contributed by atoms with E-state index in [2.05, 4.69) is 5.32 Å². The molecule has 0 unspecified atom stereocenters. The summed E-state index contributed by atoms with van der Waals surface area (Å²) >= 11 is 12.6. The molecule has 2 amide bonds. The summed E-state index contributed by atoms with van der Waals surface area (Å²) in [5, 5.41) is 3.57. The monoisotopic (exact) mass is 695 g/mol. The Balaban J connectivity index is 2.19.